The number of nitrogens with zero attached hydrogens (tertiary/aromatic N) is 4. The molecule has 1 rings (SSSR count). The first-order chi connectivity index (χ1) is 8.88. The molecular weight excluding hydrogens is 246 g/mol. The molecule has 1 N–H and O–H groups in total. The van der Waals surface area contributed by atoms with E-state index in [4.69, 9.17) is 0 Å². The maximum atomic E-state index is 4.05. The highest BCUT2D eigenvalue weighted by molar-refractivity contribution is 7.99. The Balaban J connectivity index is 2.17. The molecule has 18 heavy (non-hydrogen) atoms. The predicted octanol–water partition coefficient (Wildman–Crippen LogP) is 2.12. The van der Waals surface area contributed by atoms with Crippen LogP contribution < -0.4 is 5.32 Å². The van der Waals surface area contributed by atoms with Gasteiger partial charge in [-0.1, -0.05) is 31.2 Å². The summed E-state index contributed by atoms with van der Waals surface area (Å²) in [4.78, 5) is 0. The molecule has 0 bridgehead atoms. The van der Waals surface area contributed by atoms with E-state index in [9.17, 15) is 0 Å². The largest absolute Gasteiger partial charge is 0.315 e. The molecule has 0 atom stereocenters. The number of likely N-dealkylation sites (N-methyl/N-ethyl adjacent to an activating group) is 1. The Kier molecular flexibility index (Phi) is 8.50. The highest BCUT2D eigenvalue weighted by atomic mass is 32.2. The number of thioether (sulfide) groups is 1. The fraction of sp³-hybridized carbons (Fsp3) is 0.750. The molecule has 0 aromatic carbocycles. The summed E-state index contributed by atoms with van der Waals surface area (Å²) in [5.41, 5.74) is 0. The van der Waals surface area contributed by atoms with Crippen molar-refractivity contribution in [3.8, 4) is 0 Å². The lowest BCUT2D eigenvalue weighted by molar-refractivity contribution is 0.517. The van der Waals surface area contributed by atoms with Crippen molar-refractivity contribution in [1.29, 1.82) is 0 Å². The smallest absolute Gasteiger partial charge is 0.209 e. The monoisotopic (exact) mass is 269 g/mol. The van der Waals surface area contributed by atoms with Crippen molar-refractivity contribution in [1.82, 2.24) is 25.5 Å². The topological polar surface area (TPSA) is 55.6 Å². The Morgan fingerprint density at radius 3 is 3.06 bits per heavy atom. The van der Waals surface area contributed by atoms with Crippen LogP contribution in [0.5, 0.6) is 0 Å². The molecule has 6 heteroatoms. The summed E-state index contributed by atoms with van der Waals surface area (Å²) in [5.74, 6) is 1.08. The minimum absolute atomic E-state index is 0.833. The molecule has 5 nitrogen and oxygen atoms in total. The molecule has 0 aliphatic rings. The first kappa shape index (κ1) is 15.2. The Morgan fingerprint density at radius 1 is 1.39 bits per heavy atom. The zero-order valence-electron chi connectivity index (χ0n) is 11.1. The molecule has 1 heterocycles. The van der Waals surface area contributed by atoms with E-state index in [1.807, 2.05) is 10.8 Å². The molecule has 0 saturated carbocycles. The van der Waals surface area contributed by atoms with Crippen LogP contribution in [0.1, 0.15) is 32.6 Å². The first-order valence-corrected chi connectivity index (χ1v) is 7.57. The average Bonchev–Trinajstić information content (AvgIpc) is 2.82. The first-order valence-electron chi connectivity index (χ1n) is 6.59. The zero-order chi connectivity index (χ0) is 13.1. The molecule has 0 saturated heterocycles. The number of nitrogens with one attached hydrogen (secondary N) is 1. The van der Waals surface area contributed by atoms with E-state index in [2.05, 4.69) is 34.3 Å². The van der Waals surface area contributed by atoms with E-state index in [-0.39, 0.29) is 0 Å². The van der Waals surface area contributed by atoms with E-state index < -0.39 is 0 Å². The van der Waals surface area contributed by atoms with E-state index in [1.165, 1.54) is 19.3 Å². The van der Waals surface area contributed by atoms with E-state index in [0.717, 1.165) is 37.0 Å². The number of hydrogen-bond donors (Lipinski definition) is 1. The second kappa shape index (κ2) is 10.1. The molecule has 0 aliphatic heterocycles. The van der Waals surface area contributed by atoms with Crippen molar-refractivity contribution in [2.24, 2.45) is 0 Å². The third-order valence-electron chi connectivity index (χ3n) is 2.53. The standard InChI is InChI=1S/C12H23N5S/c1-3-5-6-7-8-11-18-12-14-15-16-17(12)10-9-13-4-2/h3,13H,1,4-11H2,2H3. The van der Waals surface area contributed by atoms with Gasteiger partial charge in [-0.25, -0.2) is 4.68 Å². The minimum atomic E-state index is 0.833. The molecule has 102 valence electrons. The lowest BCUT2D eigenvalue weighted by Gasteiger charge is -2.04. The van der Waals surface area contributed by atoms with E-state index in [1.54, 1.807) is 11.8 Å². The summed E-state index contributed by atoms with van der Waals surface area (Å²) in [5, 5.41) is 16.0. The molecule has 0 amide bonds. The molecule has 1 aromatic rings. The Labute approximate surface area is 113 Å². The zero-order valence-corrected chi connectivity index (χ0v) is 12.0. The molecule has 0 unspecified atom stereocenters. The highest BCUT2D eigenvalue weighted by Gasteiger charge is 2.05. The third kappa shape index (κ3) is 6.16. The maximum absolute atomic E-state index is 4.05. The van der Waals surface area contributed by atoms with Gasteiger partial charge in [0.1, 0.15) is 0 Å². The fourth-order valence-electron chi connectivity index (χ4n) is 1.53. The number of tetrazole rings is 1. The van der Waals surface area contributed by atoms with E-state index in [0.29, 0.717) is 0 Å². The van der Waals surface area contributed by atoms with Crippen LogP contribution >= 0.6 is 11.8 Å². The lowest BCUT2D eigenvalue weighted by Crippen LogP contribution is -2.20. The molecule has 0 aliphatic carbocycles. The summed E-state index contributed by atoms with van der Waals surface area (Å²) in [6, 6.07) is 0. The van der Waals surface area contributed by atoms with Crippen LogP contribution in [0.2, 0.25) is 0 Å². The summed E-state index contributed by atoms with van der Waals surface area (Å²) in [7, 11) is 0. The molecule has 0 radical (unpaired) electrons. The Morgan fingerprint density at radius 2 is 2.28 bits per heavy atom. The van der Waals surface area contributed by atoms with Gasteiger partial charge in [0.15, 0.2) is 0 Å². The van der Waals surface area contributed by atoms with Gasteiger partial charge in [-0.3, -0.25) is 0 Å². The molecular formula is C12H23N5S. The quantitative estimate of drug-likeness (QED) is 0.379. The number of rotatable bonds is 11. The predicted molar refractivity (Wildman–Crippen MR) is 75.7 cm³/mol. The number of unbranched alkanes of at least 4 members (excludes halogenated alkanes) is 3. The van der Waals surface area contributed by atoms with Crippen molar-refractivity contribution in [2.75, 3.05) is 18.8 Å². The van der Waals surface area contributed by atoms with Crippen LogP contribution in [-0.4, -0.2) is 39.0 Å². The average molecular weight is 269 g/mol. The van der Waals surface area contributed by atoms with Gasteiger partial charge in [0.2, 0.25) is 5.16 Å². The molecule has 1 aromatic heterocycles. The number of aromatic nitrogens is 4. The minimum Gasteiger partial charge on any atom is -0.315 e. The van der Waals surface area contributed by atoms with Gasteiger partial charge in [-0.05, 0) is 36.2 Å². The summed E-state index contributed by atoms with van der Waals surface area (Å²) in [6.45, 7) is 8.55. The Hall–Kier alpha value is -0.880. The van der Waals surface area contributed by atoms with Crippen LogP contribution in [0.4, 0.5) is 0 Å². The fourth-order valence-corrected chi connectivity index (χ4v) is 2.43. The van der Waals surface area contributed by atoms with Gasteiger partial charge < -0.3 is 5.32 Å². The van der Waals surface area contributed by atoms with Crippen molar-refractivity contribution < 1.29 is 0 Å². The van der Waals surface area contributed by atoms with E-state index >= 15 is 0 Å². The van der Waals surface area contributed by atoms with Gasteiger partial charge in [0.05, 0.1) is 6.54 Å². The molecule has 0 fully saturated rings. The van der Waals surface area contributed by atoms with Gasteiger partial charge in [0, 0.05) is 12.3 Å². The number of allylic oxidation sites excluding steroid dienone is 1. The van der Waals surface area contributed by atoms with Crippen LogP contribution in [0.25, 0.3) is 0 Å². The van der Waals surface area contributed by atoms with Gasteiger partial charge in [-0.2, -0.15) is 0 Å². The Bertz CT molecular complexity index is 326. The second-order valence-corrected chi connectivity index (χ2v) is 5.09. The SMILES string of the molecule is C=CCCCCCSc1nnnn1CCNCC. The van der Waals surface area contributed by atoms with Crippen LogP contribution in [0.15, 0.2) is 17.8 Å². The van der Waals surface area contributed by atoms with Crippen LogP contribution in [-0.2, 0) is 6.54 Å². The van der Waals surface area contributed by atoms with Crippen molar-refractivity contribution in [3.05, 3.63) is 12.7 Å². The van der Waals surface area contributed by atoms with Crippen LogP contribution in [0.3, 0.4) is 0 Å². The van der Waals surface area contributed by atoms with Crippen LogP contribution in [0, 0.1) is 0 Å². The lowest BCUT2D eigenvalue weighted by atomic mass is 10.2. The van der Waals surface area contributed by atoms with Crippen molar-refractivity contribution in [2.45, 2.75) is 44.3 Å². The van der Waals surface area contributed by atoms with Gasteiger partial charge in [-0.15, -0.1) is 11.7 Å². The number of hydrogen-bond acceptors (Lipinski definition) is 5. The third-order valence-corrected chi connectivity index (χ3v) is 3.58. The summed E-state index contributed by atoms with van der Waals surface area (Å²) in [6.07, 6.45) is 6.78. The van der Waals surface area contributed by atoms with Gasteiger partial charge in [0.25, 0.3) is 0 Å². The maximum Gasteiger partial charge on any atom is 0.209 e. The van der Waals surface area contributed by atoms with Gasteiger partial charge >= 0.3 is 0 Å². The highest BCUT2D eigenvalue weighted by Crippen LogP contribution is 2.16. The molecule has 0 spiro atoms. The normalized spacial score (nSPS) is 10.7. The van der Waals surface area contributed by atoms with Crippen molar-refractivity contribution in [3.63, 3.8) is 0 Å². The summed E-state index contributed by atoms with van der Waals surface area (Å²) < 4.78 is 1.87. The summed E-state index contributed by atoms with van der Waals surface area (Å²) >= 11 is 1.74. The second-order valence-electron chi connectivity index (χ2n) is 4.02. The van der Waals surface area contributed by atoms with Crippen molar-refractivity contribution >= 4 is 11.8 Å².